The number of benzene rings is 2. The predicted octanol–water partition coefficient (Wildman–Crippen LogP) is 11.3. The molecule has 0 N–H and O–H groups in total. The summed E-state index contributed by atoms with van der Waals surface area (Å²) in [4.78, 5) is 19.7. The number of carbonyl (C=O) groups is 1. The summed E-state index contributed by atoms with van der Waals surface area (Å²) in [6, 6.07) is 17.9. The minimum absolute atomic E-state index is 0.0970. The topological polar surface area (TPSA) is 91.9 Å². The van der Waals surface area contributed by atoms with Crippen molar-refractivity contribution in [1.82, 2.24) is 4.98 Å². The SMILES string of the molecule is CCCCCCCCCC(=O)OCCc1ccc(N=Nc2cc3sc(N=Nc4ccc(N(CC)CC)cc4)nc3s2)cc1. The number of anilines is 1. The molecule has 0 unspecified atom stereocenters. The fraction of sp³-hybridized carbons (Fsp3) is 0.455. The summed E-state index contributed by atoms with van der Waals surface area (Å²) in [5, 5.41) is 18.9. The molecular formula is C33H42N6O2S2. The molecule has 0 spiro atoms. The molecule has 228 valence electrons. The van der Waals surface area contributed by atoms with Gasteiger partial charge in [-0.15, -0.1) is 20.5 Å². The summed E-state index contributed by atoms with van der Waals surface area (Å²) in [5.41, 5.74) is 3.86. The van der Waals surface area contributed by atoms with E-state index in [1.165, 1.54) is 60.5 Å². The Morgan fingerprint density at radius 1 is 0.791 bits per heavy atom. The van der Waals surface area contributed by atoms with Crippen LogP contribution >= 0.6 is 22.7 Å². The van der Waals surface area contributed by atoms with Crippen LogP contribution in [-0.4, -0.2) is 30.6 Å². The van der Waals surface area contributed by atoms with E-state index >= 15 is 0 Å². The van der Waals surface area contributed by atoms with Crippen LogP contribution in [-0.2, 0) is 16.0 Å². The lowest BCUT2D eigenvalue weighted by Gasteiger charge is -2.20. The van der Waals surface area contributed by atoms with E-state index in [1.807, 2.05) is 42.5 Å². The summed E-state index contributed by atoms with van der Waals surface area (Å²) in [5.74, 6) is -0.0970. The van der Waals surface area contributed by atoms with Crippen LogP contribution in [0.4, 0.5) is 27.2 Å². The molecule has 2 heterocycles. The van der Waals surface area contributed by atoms with Gasteiger partial charge in [0.25, 0.3) is 0 Å². The summed E-state index contributed by atoms with van der Waals surface area (Å²) >= 11 is 2.97. The number of thiophene rings is 1. The lowest BCUT2D eigenvalue weighted by Crippen LogP contribution is -2.21. The van der Waals surface area contributed by atoms with E-state index in [1.54, 1.807) is 0 Å². The molecule has 8 nitrogen and oxygen atoms in total. The number of hydrogen-bond acceptors (Lipinski definition) is 10. The predicted molar refractivity (Wildman–Crippen MR) is 180 cm³/mol. The highest BCUT2D eigenvalue weighted by molar-refractivity contribution is 7.30. The number of nitrogens with zero attached hydrogens (tertiary/aromatic N) is 6. The second-order valence-electron chi connectivity index (χ2n) is 10.3. The number of aromatic nitrogens is 1. The van der Waals surface area contributed by atoms with Gasteiger partial charge < -0.3 is 9.64 Å². The first-order chi connectivity index (χ1) is 21.1. The van der Waals surface area contributed by atoms with Gasteiger partial charge in [-0.05, 0) is 68.3 Å². The number of thiazole rings is 1. The Morgan fingerprint density at radius 3 is 2.12 bits per heavy atom. The van der Waals surface area contributed by atoms with Gasteiger partial charge in [0.1, 0.15) is 9.83 Å². The molecule has 0 aliphatic heterocycles. The van der Waals surface area contributed by atoms with E-state index in [2.05, 4.69) is 63.2 Å². The first-order valence-corrected chi connectivity index (χ1v) is 17.0. The highest BCUT2D eigenvalue weighted by atomic mass is 32.1. The second-order valence-corrected chi connectivity index (χ2v) is 12.4. The number of carbonyl (C=O) groups excluding carboxylic acids is 1. The lowest BCUT2D eigenvalue weighted by molar-refractivity contribution is -0.143. The van der Waals surface area contributed by atoms with Crippen molar-refractivity contribution >= 4 is 65.4 Å². The van der Waals surface area contributed by atoms with Gasteiger partial charge in [-0.1, -0.05) is 80.3 Å². The molecule has 0 saturated heterocycles. The van der Waals surface area contributed by atoms with Crippen LogP contribution in [0.2, 0.25) is 0 Å². The average molecular weight is 619 g/mol. The van der Waals surface area contributed by atoms with Crippen LogP contribution in [0.1, 0.15) is 77.7 Å². The van der Waals surface area contributed by atoms with Crippen LogP contribution in [0.15, 0.2) is 75.1 Å². The Balaban J connectivity index is 1.19. The Labute approximate surface area is 262 Å². The van der Waals surface area contributed by atoms with Crippen molar-refractivity contribution < 1.29 is 9.53 Å². The van der Waals surface area contributed by atoms with E-state index in [0.29, 0.717) is 24.6 Å². The summed E-state index contributed by atoms with van der Waals surface area (Å²) in [7, 11) is 0. The van der Waals surface area contributed by atoms with Gasteiger partial charge in [-0.3, -0.25) is 4.79 Å². The third-order valence-electron chi connectivity index (χ3n) is 7.13. The van der Waals surface area contributed by atoms with Crippen molar-refractivity contribution in [2.45, 2.75) is 78.6 Å². The maximum absolute atomic E-state index is 12.0. The van der Waals surface area contributed by atoms with Gasteiger partial charge in [-0.2, -0.15) is 0 Å². The molecular weight excluding hydrogens is 577 g/mol. The number of esters is 1. The van der Waals surface area contributed by atoms with Crippen molar-refractivity contribution in [3.63, 3.8) is 0 Å². The molecule has 10 heteroatoms. The van der Waals surface area contributed by atoms with E-state index in [0.717, 1.165) is 57.4 Å². The highest BCUT2D eigenvalue weighted by Crippen LogP contribution is 2.39. The van der Waals surface area contributed by atoms with Crippen LogP contribution < -0.4 is 4.90 Å². The second kappa shape index (κ2) is 17.6. The third kappa shape index (κ3) is 10.6. The van der Waals surface area contributed by atoms with Crippen molar-refractivity contribution in [3.05, 3.63) is 60.2 Å². The molecule has 43 heavy (non-hydrogen) atoms. The molecule has 0 bridgehead atoms. The standard InChI is InChI=1S/C33H42N6O2S2/c1-4-7-8-9-10-11-12-13-31(40)41-23-22-25-14-16-26(17-15-25)35-37-30-24-29-32(43-30)34-33(42-29)38-36-27-18-20-28(21-19-27)39(5-2)6-3/h14-21,24H,4-13,22-23H2,1-3H3. The number of rotatable bonds is 18. The Morgan fingerprint density at radius 2 is 1.44 bits per heavy atom. The number of fused-ring (bicyclic) bond motifs is 1. The normalized spacial score (nSPS) is 11.7. The monoisotopic (exact) mass is 618 g/mol. The van der Waals surface area contributed by atoms with Crippen LogP contribution in [0.5, 0.6) is 0 Å². The molecule has 0 aliphatic carbocycles. The van der Waals surface area contributed by atoms with Crippen LogP contribution in [0.25, 0.3) is 9.53 Å². The molecule has 2 aromatic carbocycles. The summed E-state index contributed by atoms with van der Waals surface area (Å²) in [6.07, 6.45) is 9.57. The van der Waals surface area contributed by atoms with Gasteiger partial charge in [0.05, 0.1) is 22.7 Å². The molecule has 0 radical (unpaired) electrons. The van der Waals surface area contributed by atoms with Crippen molar-refractivity contribution in [3.8, 4) is 0 Å². The van der Waals surface area contributed by atoms with Crippen LogP contribution in [0, 0.1) is 0 Å². The smallest absolute Gasteiger partial charge is 0.305 e. The highest BCUT2D eigenvalue weighted by Gasteiger charge is 2.09. The largest absolute Gasteiger partial charge is 0.465 e. The van der Waals surface area contributed by atoms with Gasteiger partial charge >= 0.3 is 5.97 Å². The zero-order valence-corrected chi connectivity index (χ0v) is 27.1. The third-order valence-corrected chi connectivity index (χ3v) is 9.06. The first-order valence-electron chi connectivity index (χ1n) is 15.4. The summed E-state index contributed by atoms with van der Waals surface area (Å²) < 4.78 is 6.43. The molecule has 2 aromatic heterocycles. The molecule has 0 fully saturated rings. The fourth-order valence-corrected chi connectivity index (χ4v) is 6.49. The molecule has 0 aliphatic rings. The van der Waals surface area contributed by atoms with Crippen molar-refractivity contribution in [2.24, 2.45) is 20.5 Å². The fourth-order valence-electron chi connectivity index (χ4n) is 4.64. The number of hydrogen-bond donors (Lipinski definition) is 0. The molecule has 0 saturated carbocycles. The summed E-state index contributed by atoms with van der Waals surface area (Å²) in [6.45, 7) is 8.87. The molecule has 4 aromatic rings. The van der Waals surface area contributed by atoms with Gasteiger partial charge in [0.15, 0.2) is 0 Å². The maximum atomic E-state index is 12.0. The average Bonchev–Trinajstić information content (AvgIpc) is 3.59. The maximum Gasteiger partial charge on any atom is 0.305 e. The molecule has 0 atom stereocenters. The van der Waals surface area contributed by atoms with Gasteiger partial charge in [0.2, 0.25) is 5.13 Å². The Hall–Kier alpha value is -3.50. The Kier molecular flexibility index (Phi) is 13.2. The van der Waals surface area contributed by atoms with E-state index in [4.69, 9.17) is 4.74 Å². The minimum atomic E-state index is -0.0970. The zero-order valence-electron chi connectivity index (χ0n) is 25.5. The number of azo groups is 2. The van der Waals surface area contributed by atoms with E-state index < -0.39 is 0 Å². The zero-order chi connectivity index (χ0) is 30.3. The van der Waals surface area contributed by atoms with E-state index in [-0.39, 0.29) is 5.97 Å². The van der Waals surface area contributed by atoms with Gasteiger partial charge in [0, 0.05) is 31.6 Å². The van der Waals surface area contributed by atoms with E-state index in [9.17, 15) is 4.79 Å². The van der Waals surface area contributed by atoms with Gasteiger partial charge in [-0.25, -0.2) is 4.98 Å². The molecule has 4 rings (SSSR count). The van der Waals surface area contributed by atoms with Crippen molar-refractivity contribution in [2.75, 3.05) is 24.6 Å². The minimum Gasteiger partial charge on any atom is -0.465 e. The number of ether oxygens (including phenoxy) is 1. The van der Waals surface area contributed by atoms with Crippen LogP contribution in [0.3, 0.4) is 0 Å². The quantitative estimate of drug-likeness (QED) is 0.0630. The van der Waals surface area contributed by atoms with Crippen molar-refractivity contribution in [1.29, 1.82) is 0 Å². The lowest BCUT2D eigenvalue weighted by atomic mass is 10.1. The first kappa shape index (κ1) is 32.4. The molecule has 0 amide bonds. The number of unbranched alkanes of at least 4 members (excludes halogenated alkanes) is 6. The Bertz CT molecular complexity index is 1430.